The number of pyridine rings is 1. The zero-order valence-corrected chi connectivity index (χ0v) is 12.0. The van der Waals surface area contributed by atoms with Gasteiger partial charge in [-0.15, -0.1) is 0 Å². The average Bonchev–Trinajstić information content (AvgIpc) is 2.96. The number of methoxy groups -OCH3 is 1. The van der Waals surface area contributed by atoms with E-state index in [0.29, 0.717) is 19.0 Å². The molecule has 0 aromatic carbocycles. The van der Waals surface area contributed by atoms with E-state index in [-0.39, 0.29) is 12.2 Å². The van der Waals surface area contributed by atoms with E-state index in [4.69, 9.17) is 4.74 Å². The first-order valence-corrected chi connectivity index (χ1v) is 6.63. The minimum absolute atomic E-state index is 0.0970. The first-order chi connectivity index (χ1) is 10.6. The summed E-state index contributed by atoms with van der Waals surface area (Å²) in [6.07, 6.45) is 3.36. The molecule has 2 N–H and O–H groups in total. The van der Waals surface area contributed by atoms with E-state index < -0.39 is 11.0 Å². The van der Waals surface area contributed by atoms with E-state index in [1.165, 1.54) is 10.9 Å². The molecule has 2 aromatic rings. The highest BCUT2D eigenvalue weighted by atomic mass is 16.6. The van der Waals surface area contributed by atoms with Crippen LogP contribution < -0.4 is 10.1 Å². The van der Waals surface area contributed by atoms with E-state index in [9.17, 15) is 15.2 Å². The Morgan fingerprint density at radius 1 is 1.59 bits per heavy atom. The Labute approximate surface area is 126 Å². The van der Waals surface area contributed by atoms with Crippen LogP contribution in [0.15, 0.2) is 30.7 Å². The molecule has 9 nitrogen and oxygen atoms in total. The van der Waals surface area contributed by atoms with Gasteiger partial charge in [-0.25, -0.2) is 4.98 Å². The molecule has 2 heterocycles. The molecule has 0 amide bonds. The molecular formula is C13H17N5O4. The van der Waals surface area contributed by atoms with Gasteiger partial charge in [0.15, 0.2) is 0 Å². The summed E-state index contributed by atoms with van der Waals surface area (Å²) in [6, 6.07) is 3.68. The highest BCUT2D eigenvalue weighted by Gasteiger charge is 2.12. The van der Waals surface area contributed by atoms with Crippen molar-refractivity contribution in [2.45, 2.75) is 19.2 Å². The van der Waals surface area contributed by atoms with Gasteiger partial charge in [-0.3, -0.25) is 14.8 Å². The minimum Gasteiger partial charge on any atom is -0.481 e. The highest BCUT2D eigenvalue weighted by molar-refractivity contribution is 5.25. The molecule has 0 saturated carbocycles. The van der Waals surface area contributed by atoms with Crippen LogP contribution >= 0.6 is 0 Å². The lowest BCUT2D eigenvalue weighted by atomic mass is 10.2. The van der Waals surface area contributed by atoms with Crippen molar-refractivity contribution < 1.29 is 14.8 Å². The number of nitrogens with zero attached hydrogens (tertiary/aromatic N) is 4. The number of aliphatic hydroxyl groups is 1. The number of nitro groups is 1. The zero-order valence-electron chi connectivity index (χ0n) is 12.0. The molecule has 0 saturated heterocycles. The van der Waals surface area contributed by atoms with E-state index in [1.54, 1.807) is 19.4 Å². The molecule has 2 aromatic heterocycles. The Balaban J connectivity index is 1.80. The highest BCUT2D eigenvalue weighted by Crippen LogP contribution is 2.13. The lowest BCUT2D eigenvalue weighted by Gasteiger charge is -2.12. The number of aromatic nitrogens is 3. The van der Waals surface area contributed by atoms with Gasteiger partial charge >= 0.3 is 5.69 Å². The summed E-state index contributed by atoms with van der Waals surface area (Å²) >= 11 is 0. The molecule has 0 radical (unpaired) electrons. The third-order valence-electron chi connectivity index (χ3n) is 2.97. The van der Waals surface area contributed by atoms with Crippen molar-refractivity contribution in [2.24, 2.45) is 0 Å². The predicted molar refractivity (Wildman–Crippen MR) is 77.4 cm³/mol. The molecule has 0 aliphatic carbocycles. The summed E-state index contributed by atoms with van der Waals surface area (Å²) in [4.78, 5) is 14.1. The van der Waals surface area contributed by atoms with Gasteiger partial charge in [-0.05, 0) is 6.07 Å². The SMILES string of the molecule is COc1ncccc1CNCC(O)Cn1cc([N+](=O)[O-])cn1. The molecule has 0 aliphatic heterocycles. The van der Waals surface area contributed by atoms with Crippen LogP contribution in [0.5, 0.6) is 5.88 Å². The van der Waals surface area contributed by atoms with Gasteiger partial charge in [-0.1, -0.05) is 6.07 Å². The smallest absolute Gasteiger partial charge is 0.306 e. The van der Waals surface area contributed by atoms with E-state index in [0.717, 1.165) is 11.8 Å². The van der Waals surface area contributed by atoms with Crippen LogP contribution in [0.1, 0.15) is 5.56 Å². The summed E-state index contributed by atoms with van der Waals surface area (Å²) in [5.74, 6) is 0.534. The number of rotatable bonds is 8. The molecule has 1 unspecified atom stereocenters. The van der Waals surface area contributed by atoms with Crippen LogP contribution in [0, 0.1) is 10.1 Å². The maximum atomic E-state index is 10.5. The lowest BCUT2D eigenvalue weighted by Crippen LogP contribution is -2.30. The standard InChI is InChI=1S/C13H17N5O4/c1-22-13-10(3-2-4-15-13)5-14-7-12(19)9-17-8-11(6-16-17)18(20)21/h2-4,6,8,12,14,19H,5,7,9H2,1H3. The molecule has 118 valence electrons. The van der Waals surface area contributed by atoms with E-state index >= 15 is 0 Å². The number of hydrogen-bond donors (Lipinski definition) is 2. The molecule has 22 heavy (non-hydrogen) atoms. The van der Waals surface area contributed by atoms with Crippen molar-refractivity contribution in [1.82, 2.24) is 20.1 Å². The molecule has 0 bridgehead atoms. The maximum Gasteiger partial charge on any atom is 0.306 e. The summed E-state index contributed by atoms with van der Waals surface area (Å²) in [7, 11) is 1.55. The Morgan fingerprint density at radius 2 is 2.41 bits per heavy atom. The topological polar surface area (TPSA) is 115 Å². The van der Waals surface area contributed by atoms with Gasteiger partial charge in [0.1, 0.15) is 12.4 Å². The number of hydrogen-bond acceptors (Lipinski definition) is 7. The second-order valence-electron chi connectivity index (χ2n) is 4.63. The van der Waals surface area contributed by atoms with Gasteiger partial charge in [-0.2, -0.15) is 5.10 Å². The van der Waals surface area contributed by atoms with E-state index in [2.05, 4.69) is 15.4 Å². The third kappa shape index (κ3) is 4.24. The Bertz CT molecular complexity index is 630. The van der Waals surface area contributed by atoms with Crippen molar-refractivity contribution in [2.75, 3.05) is 13.7 Å². The molecular weight excluding hydrogens is 290 g/mol. The molecule has 2 rings (SSSR count). The summed E-state index contributed by atoms with van der Waals surface area (Å²) in [5, 5.41) is 27.4. The van der Waals surface area contributed by atoms with Crippen LogP contribution in [0.2, 0.25) is 0 Å². The monoisotopic (exact) mass is 307 g/mol. The van der Waals surface area contributed by atoms with Crippen LogP contribution in [-0.2, 0) is 13.1 Å². The van der Waals surface area contributed by atoms with Crippen LogP contribution in [0.3, 0.4) is 0 Å². The zero-order chi connectivity index (χ0) is 15.9. The van der Waals surface area contributed by atoms with Gasteiger partial charge in [0.05, 0.1) is 24.7 Å². The van der Waals surface area contributed by atoms with Crippen molar-refractivity contribution in [1.29, 1.82) is 0 Å². The Morgan fingerprint density at radius 3 is 3.09 bits per heavy atom. The van der Waals surface area contributed by atoms with Gasteiger partial charge in [0, 0.05) is 24.8 Å². The van der Waals surface area contributed by atoms with Crippen LogP contribution in [0.4, 0.5) is 5.69 Å². The molecule has 0 spiro atoms. The Hall–Kier alpha value is -2.52. The second-order valence-corrected chi connectivity index (χ2v) is 4.63. The minimum atomic E-state index is -0.720. The fraction of sp³-hybridized carbons (Fsp3) is 0.385. The van der Waals surface area contributed by atoms with Gasteiger partial charge in [0.25, 0.3) is 0 Å². The fourth-order valence-electron chi connectivity index (χ4n) is 1.94. The number of aliphatic hydroxyl groups excluding tert-OH is 1. The normalized spacial score (nSPS) is 12.1. The number of ether oxygens (including phenoxy) is 1. The molecule has 0 fully saturated rings. The van der Waals surface area contributed by atoms with Gasteiger partial charge < -0.3 is 15.2 Å². The first-order valence-electron chi connectivity index (χ1n) is 6.63. The van der Waals surface area contributed by atoms with Gasteiger partial charge in [0.2, 0.25) is 5.88 Å². The first kappa shape index (κ1) is 15.9. The molecule has 9 heteroatoms. The summed E-state index contributed by atoms with van der Waals surface area (Å²) in [5.41, 5.74) is 0.784. The predicted octanol–water partition coefficient (Wildman–Crippen LogP) is 0.346. The second kappa shape index (κ2) is 7.48. The number of nitrogens with one attached hydrogen (secondary N) is 1. The van der Waals surface area contributed by atoms with Crippen molar-refractivity contribution in [3.05, 3.63) is 46.4 Å². The molecule has 0 aliphatic rings. The van der Waals surface area contributed by atoms with Crippen molar-refractivity contribution >= 4 is 5.69 Å². The Kier molecular flexibility index (Phi) is 5.39. The third-order valence-corrected chi connectivity index (χ3v) is 2.97. The maximum absolute atomic E-state index is 10.5. The van der Waals surface area contributed by atoms with Crippen molar-refractivity contribution in [3.8, 4) is 5.88 Å². The van der Waals surface area contributed by atoms with Crippen molar-refractivity contribution in [3.63, 3.8) is 0 Å². The lowest BCUT2D eigenvalue weighted by molar-refractivity contribution is -0.385. The average molecular weight is 307 g/mol. The summed E-state index contributed by atoms with van der Waals surface area (Å²) in [6.45, 7) is 0.976. The summed E-state index contributed by atoms with van der Waals surface area (Å²) < 4.78 is 6.47. The fourth-order valence-corrected chi connectivity index (χ4v) is 1.94. The van der Waals surface area contributed by atoms with Crippen LogP contribution in [-0.4, -0.2) is 44.6 Å². The quantitative estimate of drug-likeness (QED) is 0.534. The molecule has 1 atom stereocenters. The van der Waals surface area contributed by atoms with E-state index in [1.807, 2.05) is 6.07 Å². The van der Waals surface area contributed by atoms with Crippen LogP contribution in [0.25, 0.3) is 0 Å². The largest absolute Gasteiger partial charge is 0.481 e.